The van der Waals surface area contributed by atoms with Crippen molar-refractivity contribution in [3.05, 3.63) is 251 Å². The maximum atomic E-state index is 2.49. The Labute approximate surface area is 295 Å². The highest BCUT2D eigenvalue weighted by Gasteiger charge is 2.46. The molecule has 0 heteroatoms. The van der Waals surface area contributed by atoms with Gasteiger partial charge in [0.1, 0.15) is 0 Å². The topological polar surface area (TPSA) is 0 Å². The van der Waals surface area contributed by atoms with Gasteiger partial charge in [-0.15, -0.1) is 0 Å². The summed E-state index contributed by atoms with van der Waals surface area (Å²) in [6, 6.07) is 78.0. The van der Waals surface area contributed by atoms with Crippen LogP contribution in [0.1, 0.15) is 44.9 Å². The van der Waals surface area contributed by atoms with Crippen LogP contribution in [-0.2, 0) is 5.41 Å². The highest BCUT2D eigenvalue weighted by Crippen LogP contribution is 2.56. The van der Waals surface area contributed by atoms with Crippen LogP contribution in [0.4, 0.5) is 0 Å². The van der Waals surface area contributed by atoms with Gasteiger partial charge in [-0.1, -0.05) is 206 Å². The summed E-state index contributed by atoms with van der Waals surface area (Å²) >= 11 is 0. The molecule has 236 valence electrons. The number of hydrogen-bond acceptors (Lipinski definition) is 0. The van der Waals surface area contributed by atoms with Gasteiger partial charge < -0.3 is 0 Å². The van der Waals surface area contributed by atoms with Gasteiger partial charge in [-0.25, -0.2) is 0 Å². The molecule has 8 aromatic carbocycles. The Bertz CT molecular complexity index is 2350. The van der Waals surface area contributed by atoms with E-state index >= 15 is 0 Å². The molecule has 0 radical (unpaired) electrons. The molecule has 0 saturated carbocycles. The van der Waals surface area contributed by atoms with Crippen LogP contribution in [0.25, 0.3) is 33.4 Å². The molecule has 1 aliphatic carbocycles. The summed E-state index contributed by atoms with van der Waals surface area (Å²) in [5.74, 6) is 0.0251. The van der Waals surface area contributed by atoms with Gasteiger partial charge >= 0.3 is 0 Å². The van der Waals surface area contributed by atoms with Crippen LogP contribution in [-0.4, -0.2) is 0 Å². The highest BCUT2D eigenvalue weighted by molar-refractivity contribution is 5.87. The van der Waals surface area contributed by atoms with Crippen molar-refractivity contribution in [1.29, 1.82) is 0 Å². The first kappa shape index (κ1) is 29.9. The Morgan fingerprint density at radius 3 is 1.40 bits per heavy atom. The lowest BCUT2D eigenvalue weighted by atomic mass is 9.67. The molecule has 0 heterocycles. The average Bonchev–Trinajstić information content (AvgIpc) is 3.50. The number of hydrogen-bond donors (Lipinski definition) is 0. The summed E-state index contributed by atoms with van der Waals surface area (Å²) in [6.45, 7) is 0. The van der Waals surface area contributed by atoms with E-state index in [0.717, 1.165) is 0 Å². The molecule has 0 fully saturated rings. The molecule has 50 heavy (non-hydrogen) atoms. The lowest BCUT2D eigenvalue weighted by Crippen LogP contribution is -2.28. The Morgan fingerprint density at radius 1 is 0.300 bits per heavy atom. The second kappa shape index (κ2) is 12.7. The zero-order chi connectivity index (χ0) is 33.3. The van der Waals surface area contributed by atoms with Crippen LogP contribution in [0.3, 0.4) is 0 Å². The molecule has 0 N–H and O–H groups in total. The van der Waals surface area contributed by atoms with E-state index in [1.54, 1.807) is 0 Å². The summed E-state index contributed by atoms with van der Waals surface area (Å²) in [5, 5.41) is 0. The van der Waals surface area contributed by atoms with E-state index in [2.05, 4.69) is 212 Å². The van der Waals surface area contributed by atoms with Gasteiger partial charge in [0, 0.05) is 5.92 Å². The Kier molecular flexibility index (Phi) is 7.56. The van der Waals surface area contributed by atoms with Crippen molar-refractivity contribution >= 4 is 0 Å². The van der Waals surface area contributed by atoms with Crippen LogP contribution >= 0.6 is 0 Å². The predicted octanol–water partition coefficient (Wildman–Crippen LogP) is 12.6. The molecule has 1 aliphatic rings. The maximum Gasteiger partial charge on any atom is 0.0713 e. The maximum absolute atomic E-state index is 2.49. The molecular formula is C50H36. The van der Waals surface area contributed by atoms with E-state index in [-0.39, 0.29) is 5.92 Å². The fraction of sp³-hybridized carbons (Fsp3) is 0.0400. The molecule has 0 amide bonds. The smallest absolute Gasteiger partial charge is 0.0622 e. The fourth-order valence-corrected chi connectivity index (χ4v) is 8.33. The largest absolute Gasteiger partial charge is 0.0713 e. The van der Waals surface area contributed by atoms with Crippen LogP contribution in [0.2, 0.25) is 0 Å². The molecule has 8 aromatic rings. The minimum absolute atomic E-state index is 0.0251. The Hall–Kier alpha value is -6.24. The van der Waals surface area contributed by atoms with Crippen molar-refractivity contribution in [2.24, 2.45) is 0 Å². The van der Waals surface area contributed by atoms with E-state index < -0.39 is 5.41 Å². The van der Waals surface area contributed by atoms with Crippen LogP contribution < -0.4 is 0 Å². The summed E-state index contributed by atoms with van der Waals surface area (Å²) in [5.41, 5.74) is 16.2. The third-order valence-electron chi connectivity index (χ3n) is 10.5. The van der Waals surface area contributed by atoms with Crippen molar-refractivity contribution < 1.29 is 0 Å². The molecule has 9 rings (SSSR count). The second-order valence-electron chi connectivity index (χ2n) is 13.2. The van der Waals surface area contributed by atoms with Gasteiger partial charge in [0.15, 0.2) is 0 Å². The summed E-state index contributed by atoms with van der Waals surface area (Å²) in [6.07, 6.45) is 0. The SMILES string of the molecule is c1ccc(-c2ccc(C(c3ccc4c(c3)-c3ccccc3C4(c3ccccc3)c3ccccc3)c3ccccc3-c3ccccc3)cc2)cc1. The van der Waals surface area contributed by atoms with Crippen LogP contribution in [0.15, 0.2) is 212 Å². The highest BCUT2D eigenvalue weighted by atomic mass is 14.5. The van der Waals surface area contributed by atoms with Gasteiger partial charge in [0.05, 0.1) is 5.41 Å². The Balaban J connectivity index is 1.28. The summed E-state index contributed by atoms with van der Waals surface area (Å²) in [4.78, 5) is 0. The first-order chi connectivity index (χ1) is 24.8. The molecule has 1 unspecified atom stereocenters. The zero-order valence-electron chi connectivity index (χ0n) is 27.8. The van der Waals surface area contributed by atoms with Gasteiger partial charge in [0.25, 0.3) is 0 Å². The number of rotatable bonds is 7. The molecule has 0 aromatic heterocycles. The van der Waals surface area contributed by atoms with Crippen molar-refractivity contribution in [3.63, 3.8) is 0 Å². The zero-order valence-corrected chi connectivity index (χ0v) is 27.8. The van der Waals surface area contributed by atoms with Gasteiger partial charge in [-0.05, 0) is 78.4 Å². The van der Waals surface area contributed by atoms with Crippen LogP contribution in [0.5, 0.6) is 0 Å². The lowest BCUT2D eigenvalue weighted by molar-refractivity contribution is 0.767. The average molecular weight is 637 g/mol. The van der Waals surface area contributed by atoms with E-state index in [9.17, 15) is 0 Å². The minimum Gasteiger partial charge on any atom is -0.0622 e. The van der Waals surface area contributed by atoms with Gasteiger partial charge in [0.2, 0.25) is 0 Å². The van der Waals surface area contributed by atoms with Crippen molar-refractivity contribution in [3.8, 4) is 33.4 Å². The molecule has 0 bridgehead atoms. The van der Waals surface area contributed by atoms with Gasteiger partial charge in [-0.2, -0.15) is 0 Å². The quantitative estimate of drug-likeness (QED) is 0.153. The second-order valence-corrected chi connectivity index (χ2v) is 13.2. The van der Waals surface area contributed by atoms with E-state index in [1.165, 1.54) is 72.3 Å². The predicted molar refractivity (Wildman–Crippen MR) is 208 cm³/mol. The number of benzene rings is 8. The van der Waals surface area contributed by atoms with Crippen molar-refractivity contribution in [1.82, 2.24) is 0 Å². The van der Waals surface area contributed by atoms with E-state index in [0.29, 0.717) is 0 Å². The summed E-state index contributed by atoms with van der Waals surface area (Å²) in [7, 11) is 0. The molecule has 0 nitrogen and oxygen atoms in total. The first-order valence-electron chi connectivity index (χ1n) is 17.5. The standard InChI is InChI=1S/C50H36/c1-5-17-36(18-6-1)37-29-31-39(32-30-37)49(45-27-14-13-25-43(45)38-19-7-2-8-20-38)40-33-34-48-46(35-40)44-26-15-16-28-47(44)50(48,41-21-9-3-10-22-41)42-23-11-4-12-24-42/h1-35,49H. The first-order valence-corrected chi connectivity index (χ1v) is 17.5. The molecule has 0 aliphatic heterocycles. The van der Waals surface area contributed by atoms with E-state index in [1.807, 2.05) is 0 Å². The Morgan fingerprint density at radius 2 is 0.760 bits per heavy atom. The molecular weight excluding hydrogens is 601 g/mol. The molecule has 0 saturated heterocycles. The monoisotopic (exact) mass is 636 g/mol. The van der Waals surface area contributed by atoms with Crippen molar-refractivity contribution in [2.45, 2.75) is 11.3 Å². The van der Waals surface area contributed by atoms with Crippen LogP contribution in [0, 0.1) is 0 Å². The third-order valence-corrected chi connectivity index (χ3v) is 10.5. The van der Waals surface area contributed by atoms with Gasteiger partial charge in [-0.3, -0.25) is 0 Å². The normalized spacial score (nSPS) is 13.3. The lowest BCUT2D eigenvalue weighted by Gasteiger charge is -2.34. The fourth-order valence-electron chi connectivity index (χ4n) is 8.33. The minimum atomic E-state index is -0.415. The molecule has 0 spiro atoms. The number of fused-ring (bicyclic) bond motifs is 3. The third kappa shape index (κ3) is 4.92. The molecule has 1 atom stereocenters. The van der Waals surface area contributed by atoms with E-state index in [4.69, 9.17) is 0 Å². The van der Waals surface area contributed by atoms with Crippen molar-refractivity contribution in [2.75, 3.05) is 0 Å². The summed E-state index contributed by atoms with van der Waals surface area (Å²) < 4.78 is 0.